The highest BCUT2D eigenvalue weighted by Gasteiger charge is 2.17. The fourth-order valence-corrected chi connectivity index (χ4v) is 1.32. The van der Waals surface area contributed by atoms with E-state index in [2.05, 4.69) is 4.74 Å². The number of hydrogen-bond acceptors (Lipinski definition) is 5. The highest BCUT2D eigenvalue weighted by Crippen LogP contribution is 2.24. The summed E-state index contributed by atoms with van der Waals surface area (Å²) in [6.07, 6.45) is -1.72. The summed E-state index contributed by atoms with van der Waals surface area (Å²) < 4.78 is 4.44. The lowest BCUT2D eigenvalue weighted by atomic mass is 10.0. The molecule has 1 unspecified atom stereocenters. The summed E-state index contributed by atoms with van der Waals surface area (Å²) in [5, 5.41) is 27.5. The minimum absolute atomic E-state index is 0.116. The molecular formula is C11H12O6. The summed E-state index contributed by atoms with van der Waals surface area (Å²) in [6.45, 7) is 0. The molecule has 1 aromatic rings. The van der Waals surface area contributed by atoms with E-state index in [1.165, 1.54) is 18.2 Å². The first-order valence-electron chi connectivity index (χ1n) is 4.76. The molecule has 1 aromatic carbocycles. The molecule has 0 fully saturated rings. The van der Waals surface area contributed by atoms with Crippen LogP contribution in [0, 0.1) is 0 Å². The molecule has 0 radical (unpaired) electrons. The molecule has 1 atom stereocenters. The van der Waals surface area contributed by atoms with E-state index in [4.69, 9.17) is 5.11 Å². The van der Waals surface area contributed by atoms with Crippen LogP contribution in [-0.2, 0) is 9.53 Å². The van der Waals surface area contributed by atoms with Crippen molar-refractivity contribution >= 4 is 11.9 Å². The molecule has 0 bridgehead atoms. The van der Waals surface area contributed by atoms with Gasteiger partial charge in [-0.15, -0.1) is 0 Å². The van der Waals surface area contributed by atoms with E-state index >= 15 is 0 Å². The fraction of sp³-hybridized carbons (Fsp3) is 0.273. The van der Waals surface area contributed by atoms with Gasteiger partial charge in [-0.2, -0.15) is 0 Å². The number of carboxylic acids is 1. The number of carbonyl (C=O) groups is 2. The molecule has 0 saturated heterocycles. The number of rotatable bonds is 4. The number of aliphatic hydroxyl groups is 1. The third-order valence-electron chi connectivity index (χ3n) is 2.18. The Balaban J connectivity index is 3.03. The normalized spacial score (nSPS) is 11.9. The lowest BCUT2D eigenvalue weighted by Gasteiger charge is -2.10. The molecule has 0 amide bonds. The second-order valence-electron chi connectivity index (χ2n) is 3.38. The van der Waals surface area contributed by atoms with E-state index in [0.717, 1.165) is 7.11 Å². The first-order valence-corrected chi connectivity index (χ1v) is 4.76. The lowest BCUT2D eigenvalue weighted by molar-refractivity contribution is -0.139. The van der Waals surface area contributed by atoms with E-state index in [1.54, 1.807) is 0 Å². The predicted octanol–water partition coefficient (Wildman–Crippen LogP) is 0.687. The van der Waals surface area contributed by atoms with Gasteiger partial charge < -0.3 is 20.1 Å². The summed E-state index contributed by atoms with van der Waals surface area (Å²) >= 11 is 0. The Kier molecular flexibility index (Phi) is 4.06. The largest absolute Gasteiger partial charge is 0.507 e. The quantitative estimate of drug-likeness (QED) is 0.669. The Morgan fingerprint density at radius 3 is 2.59 bits per heavy atom. The number of carbonyl (C=O) groups excluding carboxylic acids is 1. The second-order valence-corrected chi connectivity index (χ2v) is 3.38. The van der Waals surface area contributed by atoms with Crippen molar-refractivity contribution in [3.05, 3.63) is 29.3 Å². The topological polar surface area (TPSA) is 104 Å². The van der Waals surface area contributed by atoms with Crippen LogP contribution in [0.1, 0.15) is 28.4 Å². The van der Waals surface area contributed by atoms with Crippen molar-refractivity contribution in [3.63, 3.8) is 0 Å². The van der Waals surface area contributed by atoms with Crippen LogP contribution >= 0.6 is 0 Å². The number of carboxylic acid groups (broad SMARTS) is 1. The van der Waals surface area contributed by atoms with Crippen molar-refractivity contribution < 1.29 is 29.6 Å². The minimum Gasteiger partial charge on any atom is -0.507 e. The highest BCUT2D eigenvalue weighted by molar-refractivity contribution is 5.92. The third kappa shape index (κ3) is 3.18. The summed E-state index contributed by atoms with van der Waals surface area (Å²) in [7, 11) is 1.15. The van der Waals surface area contributed by atoms with Gasteiger partial charge in [0.25, 0.3) is 0 Å². The zero-order valence-electron chi connectivity index (χ0n) is 9.08. The first-order chi connectivity index (χ1) is 7.95. The molecule has 1 rings (SSSR count). The molecule has 0 aliphatic carbocycles. The van der Waals surface area contributed by atoms with Crippen LogP contribution in [-0.4, -0.2) is 34.4 Å². The molecule has 0 aliphatic heterocycles. The number of aliphatic carboxylic acids is 1. The number of aromatic hydroxyl groups is 1. The van der Waals surface area contributed by atoms with Gasteiger partial charge in [-0.05, 0) is 17.7 Å². The number of esters is 1. The molecule has 0 aromatic heterocycles. The number of phenolic OH excluding ortho intramolecular Hbond substituents is 1. The van der Waals surface area contributed by atoms with Gasteiger partial charge in [-0.1, -0.05) is 6.07 Å². The van der Waals surface area contributed by atoms with Gasteiger partial charge in [0.05, 0.1) is 19.6 Å². The Bertz CT molecular complexity index is 440. The number of phenols is 1. The molecule has 0 heterocycles. The molecule has 92 valence electrons. The fourth-order valence-electron chi connectivity index (χ4n) is 1.32. The van der Waals surface area contributed by atoms with Crippen molar-refractivity contribution in [1.82, 2.24) is 0 Å². The average Bonchev–Trinajstić information content (AvgIpc) is 2.27. The van der Waals surface area contributed by atoms with Crippen LogP contribution in [0.3, 0.4) is 0 Å². The van der Waals surface area contributed by atoms with Crippen molar-refractivity contribution in [2.45, 2.75) is 12.5 Å². The number of methoxy groups -OCH3 is 1. The van der Waals surface area contributed by atoms with Gasteiger partial charge >= 0.3 is 11.9 Å². The van der Waals surface area contributed by atoms with Crippen LogP contribution in [0.5, 0.6) is 5.75 Å². The number of hydrogen-bond donors (Lipinski definition) is 3. The third-order valence-corrected chi connectivity index (χ3v) is 2.18. The van der Waals surface area contributed by atoms with E-state index in [-0.39, 0.29) is 16.9 Å². The Hall–Kier alpha value is -2.08. The summed E-state index contributed by atoms with van der Waals surface area (Å²) in [4.78, 5) is 21.7. The van der Waals surface area contributed by atoms with E-state index in [1.807, 2.05) is 0 Å². The maximum absolute atomic E-state index is 11.3. The molecule has 6 nitrogen and oxygen atoms in total. The van der Waals surface area contributed by atoms with Crippen molar-refractivity contribution in [2.24, 2.45) is 0 Å². The van der Waals surface area contributed by atoms with Gasteiger partial charge in [-0.3, -0.25) is 4.79 Å². The Morgan fingerprint density at radius 2 is 2.06 bits per heavy atom. The minimum atomic E-state index is -1.24. The lowest BCUT2D eigenvalue weighted by Crippen LogP contribution is -2.08. The SMILES string of the molecule is COC(=O)c1cc(C(O)CC(=O)O)ccc1O. The van der Waals surface area contributed by atoms with E-state index in [9.17, 15) is 19.8 Å². The van der Waals surface area contributed by atoms with Gasteiger partial charge in [0.2, 0.25) is 0 Å². The van der Waals surface area contributed by atoms with E-state index in [0.29, 0.717) is 0 Å². The first kappa shape index (κ1) is 13.0. The van der Waals surface area contributed by atoms with Crippen molar-refractivity contribution in [3.8, 4) is 5.75 Å². The molecule has 0 saturated carbocycles. The molecule has 0 aliphatic rings. The van der Waals surface area contributed by atoms with Crippen LogP contribution < -0.4 is 0 Å². The van der Waals surface area contributed by atoms with Crippen molar-refractivity contribution in [2.75, 3.05) is 7.11 Å². The van der Waals surface area contributed by atoms with Gasteiger partial charge in [0, 0.05) is 0 Å². The van der Waals surface area contributed by atoms with Crippen LogP contribution in [0.25, 0.3) is 0 Å². The standard InChI is InChI=1S/C11H12O6/c1-17-11(16)7-4-6(2-3-8(7)12)9(13)5-10(14)15/h2-4,9,12-13H,5H2,1H3,(H,14,15). The molecule has 0 spiro atoms. The molecule has 3 N–H and O–H groups in total. The van der Waals surface area contributed by atoms with Gasteiger partial charge in [-0.25, -0.2) is 4.79 Å². The van der Waals surface area contributed by atoms with Gasteiger partial charge in [0.15, 0.2) is 0 Å². The molecule has 17 heavy (non-hydrogen) atoms. The predicted molar refractivity (Wildman–Crippen MR) is 56.7 cm³/mol. The van der Waals surface area contributed by atoms with Crippen LogP contribution in [0.15, 0.2) is 18.2 Å². The molecular weight excluding hydrogens is 228 g/mol. The summed E-state index contributed by atoms with van der Waals surface area (Å²) in [5.74, 6) is -2.21. The monoisotopic (exact) mass is 240 g/mol. The average molecular weight is 240 g/mol. The van der Waals surface area contributed by atoms with Crippen LogP contribution in [0.4, 0.5) is 0 Å². The van der Waals surface area contributed by atoms with Crippen molar-refractivity contribution in [1.29, 1.82) is 0 Å². The Morgan fingerprint density at radius 1 is 1.41 bits per heavy atom. The molecule has 6 heteroatoms. The second kappa shape index (κ2) is 5.31. The smallest absolute Gasteiger partial charge is 0.341 e. The number of aliphatic hydroxyl groups excluding tert-OH is 1. The zero-order chi connectivity index (χ0) is 13.0. The highest BCUT2D eigenvalue weighted by atomic mass is 16.5. The van der Waals surface area contributed by atoms with Gasteiger partial charge in [0.1, 0.15) is 11.3 Å². The van der Waals surface area contributed by atoms with E-state index < -0.39 is 24.5 Å². The number of ether oxygens (including phenoxy) is 1. The number of benzene rings is 1. The maximum Gasteiger partial charge on any atom is 0.341 e. The summed E-state index contributed by atoms with van der Waals surface area (Å²) in [6, 6.07) is 3.75. The zero-order valence-corrected chi connectivity index (χ0v) is 9.08. The van der Waals surface area contributed by atoms with Crippen LogP contribution in [0.2, 0.25) is 0 Å². The Labute approximate surface area is 97.1 Å². The summed E-state index contributed by atoms with van der Waals surface area (Å²) in [5.41, 5.74) is 0.111. The maximum atomic E-state index is 11.3.